The second-order valence-corrected chi connectivity index (χ2v) is 6.30. The first-order chi connectivity index (χ1) is 13.0. The van der Waals surface area contributed by atoms with Gasteiger partial charge in [0, 0.05) is 11.1 Å². The van der Waals surface area contributed by atoms with Crippen molar-refractivity contribution < 1.29 is 9.18 Å². The Balaban J connectivity index is 1.93. The first-order valence-corrected chi connectivity index (χ1v) is 8.56. The van der Waals surface area contributed by atoms with Gasteiger partial charge in [-0.2, -0.15) is 10.4 Å². The van der Waals surface area contributed by atoms with E-state index in [1.807, 2.05) is 6.07 Å². The summed E-state index contributed by atoms with van der Waals surface area (Å²) in [5, 5.41) is 14.1. The summed E-state index contributed by atoms with van der Waals surface area (Å²) in [6, 6.07) is 16.6. The average Bonchev–Trinajstić information content (AvgIpc) is 2.95. The number of halogens is 2. The summed E-state index contributed by atoms with van der Waals surface area (Å²) < 4.78 is 14.6. The first-order valence-electron chi connectivity index (χ1n) is 8.18. The van der Waals surface area contributed by atoms with E-state index < -0.39 is 0 Å². The Morgan fingerprint density at radius 2 is 1.89 bits per heavy atom. The van der Waals surface area contributed by atoms with Crippen LogP contribution < -0.4 is 0 Å². The summed E-state index contributed by atoms with van der Waals surface area (Å²) in [5.74, 6) is -0.692. The van der Waals surface area contributed by atoms with E-state index in [9.17, 15) is 14.4 Å². The molecule has 1 heterocycles. The van der Waals surface area contributed by atoms with E-state index >= 15 is 0 Å². The fourth-order valence-corrected chi connectivity index (χ4v) is 2.93. The van der Waals surface area contributed by atoms with Crippen LogP contribution in [0.4, 0.5) is 4.39 Å². The molecule has 0 saturated heterocycles. The van der Waals surface area contributed by atoms with Crippen molar-refractivity contribution in [3.05, 3.63) is 93.5 Å². The Hall–Kier alpha value is -3.23. The summed E-state index contributed by atoms with van der Waals surface area (Å²) in [4.78, 5) is 12.5. The highest BCUT2D eigenvalue weighted by Crippen LogP contribution is 2.24. The maximum Gasteiger partial charge on any atom is 0.203 e. The SMILES string of the molecule is Cc1nn(Cc2ccc(F)cc2)c(Cl)c1/C=C(\C#N)C(=O)c1ccccc1. The van der Waals surface area contributed by atoms with E-state index in [4.69, 9.17) is 11.6 Å². The Kier molecular flexibility index (Phi) is 5.49. The van der Waals surface area contributed by atoms with Crippen molar-refractivity contribution in [3.63, 3.8) is 0 Å². The highest BCUT2D eigenvalue weighted by atomic mass is 35.5. The Bertz CT molecular complexity index is 1050. The lowest BCUT2D eigenvalue weighted by Crippen LogP contribution is -2.02. The molecule has 0 atom stereocenters. The molecule has 27 heavy (non-hydrogen) atoms. The van der Waals surface area contributed by atoms with Crippen LogP contribution in [-0.2, 0) is 6.54 Å². The number of benzene rings is 2. The molecule has 0 aliphatic heterocycles. The molecule has 3 aromatic rings. The summed E-state index contributed by atoms with van der Waals surface area (Å²) in [6.45, 7) is 2.10. The van der Waals surface area contributed by atoms with Crippen molar-refractivity contribution in [2.45, 2.75) is 13.5 Å². The van der Waals surface area contributed by atoms with E-state index in [1.165, 1.54) is 18.2 Å². The molecule has 134 valence electrons. The molecule has 4 nitrogen and oxygen atoms in total. The molecular formula is C21H15ClFN3O. The molecular weight excluding hydrogens is 365 g/mol. The van der Waals surface area contributed by atoms with Gasteiger partial charge in [-0.3, -0.25) is 4.79 Å². The average molecular weight is 380 g/mol. The quantitative estimate of drug-likeness (QED) is 0.362. The zero-order valence-corrected chi connectivity index (χ0v) is 15.2. The highest BCUT2D eigenvalue weighted by molar-refractivity contribution is 6.31. The number of hydrogen-bond donors (Lipinski definition) is 0. The van der Waals surface area contributed by atoms with Crippen LogP contribution in [0.1, 0.15) is 27.2 Å². The second-order valence-electron chi connectivity index (χ2n) is 5.94. The highest BCUT2D eigenvalue weighted by Gasteiger charge is 2.17. The minimum absolute atomic E-state index is 0.0208. The van der Waals surface area contributed by atoms with Gasteiger partial charge in [-0.15, -0.1) is 0 Å². The lowest BCUT2D eigenvalue weighted by molar-refractivity contribution is 0.104. The van der Waals surface area contributed by atoms with Crippen molar-refractivity contribution in [2.75, 3.05) is 0 Å². The molecule has 0 fully saturated rings. The fraction of sp³-hybridized carbons (Fsp3) is 0.0952. The molecule has 0 radical (unpaired) electrons. The number of allylic oxidation sites excluding steroid dienone is 1. The molecule has 2 aromatic carbocycles. The third-order valence-corrected chi connectivity index (χ3v) is 4.44. The van der Waals surface area contributed by atoms with Gasteiger partial charge in [-0.1, -0.05) is 54.1 Å². The van der Waals surface area contributed by atoms with Crippen LogP contribution >= 0.6 is 11.6 Å². The number of carbonyl (C=O) groups excluding carboxylic acids is 1. The number of Topliss-reactive ketones (excluding diaryl/α,β-unsaturated/α-hetero) is 1. The number of nitrogens with zero attached hydrogens (tertiary/aromatic N) is 3. The number of ketones is 1. The monoisotopic (exact) mass is 379 g/mol. The summed E-state index contributed by atoms with van der Waals surface area (Å²) in [5.41, 5.74) is 2.35. The molecule has 0 spiro atoms. The number of carbonyl (C=O) groups is 1. The first kappa shape index (κ1) is 18.6. The van der Waals surface area contributed by atoms with E-state index in [0.717, 1.165) is 5.56 Å². The van der Waals surface area contributed by atoms with E-state index in [1.54, 1.807) is 54.1 Å². The molecule has 0 unspecified atom stereocenters. The minimum atomic E-state index is -0.375. The predicted molar refractivity (Wildman–Crippen MR) is 102 cm³/mol. The van der Waals surface area contributed by atoms with Crippen LogP contribution in [0.3, 0.4) is 0 Å². The van der Waals surface area contributed by atoms with E-state index in [0.29, 0.717) is 28.5 Å². The number of nitriles is 1. The molecule has 0 bridgehead atoms. The van der Waals surface area contributed by atoms with Gasteiger partial charge >= 0.3 is 0 Å². The van der Waals surface area contributed by atoms with Gasteiger partial charge < -0.3 is 0 Å². The minimum Gasteiger partial charge on any atom is -0.288 e. The number of rotatable bonds is 5. The van der Waals surface area contributed by atoms with Crippen molar-refractivity contribution in [1.29, 1.82) is 5.26 Å². The van der Waals surface area contributed by atoms with Crippen LogP contribution in [-0.4, -0.2) is 15.6 Å². The fourth-order valence-electron chi connectivity index (χ4n) is 2.64. The summed E-state index contributed by atoms with van der Waals surface area (Å²) in [6.07, 6.45) is 1.46. The Labute approximate surface area is 161 Å². The van der Waals surface area contributed by atoms with Crippen molar-refractivity contribution in [1.82, 2.24) is 9.78 Å². The van der Waals surface area contributed by atoms with Crippen molar-refractivity contribution >= 4 is 23.5 Å². The third kappa shape index (κ3) is 4.13. The van der Waals surface area contributed by atoms with E-state index in [2.05, 4.69) is 5.10 Å². The second kappa shape index (κ2) is 7.98. The summed E-state index contributed by atoms with van der Waals surface area (Å²) in [7, 11) is 0. The topological polar surface area (TPSA) is 58.7 Å². The van der Waals surface area contributed by atoms with Crippen molar-refractivity contribution in [3.8, 4) is 6.07 Å². The van der Waals surface area contributed by atoms with Crippen LogP contribution in [0.5, 0.6) is 0 Å². The van der Waals surface area contributed by atoms with E-state index in [-0.39, 0.29) is 17.2 Å². The molecule has 1 aromatic heterocycles. The molecule has 6 heteroatoms. The molecule has 0 amide bonds. The van der Waals surface area contributed by atoms with Crippen LogP contribution in [0.15, 0.2) is 60.2 Å². The lowest BCUT2D eigenvalue weighted by Gasteiger charge is -2.04. The van der Waals surface area contributed by atoms with Gasteiger partial charge in [0.15, 0.2) is 0 Å². The molecule has 0 N–H and O–H groups in total. The standard InChI is InChI=1S/C21H15ClFN3O/c1-14-19(11-17(12-24)20(27)16-5-3-2-4-6-16)21(22)26(25-14)13-15-7-9-18(23)10-8-15/h2-11H,13H2,1H3/b17-11+. The molecule has 0 aliphatic carbocycles. The lowest BCUT2D eigenvalue weighted by atomic mass is 10.0. The maximum atomic E-state index is 13.1. The van der Waals surface area contributed by atoms with Crippen molar-refractivity contribution in [2.24, 2.45) is 0 Å². The van der Waals surface area contributed by atoms with Gasteiger partial charge in [0.2, 0.25) is 5.78 Å². The molecule has 0 saturated carbocycles. The Morgan fingerprint density at radius 3 is 2.52 bits per heavy atom. The number of hydrogen-bond acceptors (Lipinski definition) is 3. The number of aromatic nitrogens is 2. The third-order valence-electron chi connectivity index (χ3n) is 4.04. The van der Waals surface area contributed by atoms with Gasteiger partial charge in [0.1, 0.15) is 22.6 Å². The van der Waals surface area contributed by atoms with Gasteiger partial charge in [0.25, 0.3) is 0 Å². The van der Waals surface area contributed by atoms with Crippen LogP contribution in [0.25, 0.3) is 6.08 Å². The van der Waals surface area contributed by atoms with Gasteiger partial charge in [-0.25, -0.2) is 9.07 Å². The zero-order valence-electron chi connectivity index (χ0n) is 14.5. The molecule has 0 aliphatic rings. The number of aryl methyl sites for hydroxylation is 1. The Morgan fingerprint density at radius 1 is 1.22 bits per heavy atom. The zero-order chi connectivity index (χ0) is 19.4. The largest absolute Gasteiger partial charge is 0.288 e. The molecule has 3 rings (SSSR count). The smallest absolute Gasteiger partial charge is 0.203 e. The summed E-state index contributed by atoms with van der Waals surface area (Å²) >= 11 is 6.42. The van der Waals surface area contributed by atoms with Crippen LogP contribution in [0.2, 0.25) is 5.15 Å². The normalized spacial score (nSPS) is 11.3. The van der Waals surface area contributed by atoms with Gasteiger partial charge in [0.05, 0.1) is 12.2 Å². The van der Waals surface area contributed by atoms with Gasteiger partial charge in [-0.05, 0) is 30.7 Å². The van der Waals surface area contributed by atoms with Crippen LogP contribution in [0, 0.1) is 24.1 Å². The predicted octanol–water partition coefficient (Wildman–Crippen LogP) is 4.82. The maximum absolute atomic E-state index is 13.1.